The van der Waals surface area contributed by atoms with Gasteiger partial charge in [-0.25, -0.2) is 4.98 Å². The van der Waals surface area contributed by atoms with Crippen LogP contribution < -0.4 is 9.62 Å². The summed E-state index contributed by atoms with van der Waals surface area (Å²) in [6.07, 6.45) is 4.41. The van der Waals surface area contributed by atoms with Crippen LogP contribution in [0, 0.1) is 0 Å². The molecule has 4 nitrogen and oxygen atoms in total. The van der Waals surface area contributed by atoms with Crippen LogP contribution in [0.4, 0.5) is 5.82 Å². The summed E-state index contributed by atoms with van der Waals surface area (Å²) in [5, 5.41) is 0. The Hall–Kier alpha value is -0.780. The van der Waals surface area contributed by atoms with Gasteiger partial charge < -0.3 is 9.45 Å². The number of pyridine rings is 1. The molecule has 0 amide bonds. The number of anilines is 1. The molecule has 0 bridgehead atoms. The van der Waals surface area contributed by atoms with E-state index in [0.29, 0.717) is 0 Å². The lowest BCUT2D eigenvalue weighted by atomic mass is 10.1. The summed E-state index contributed by atoms with van der Waals surface area (Å²) >= 11 is -1.06. The Labute approximate surface area is 125 Å². The molecule has 5 heteroatoms. The highest BCUT2D eigenvalue weighted by Gasteiger charge is 2.28. The fourth-order valence-corrected chi connectivity index (χ4v) is 3.00. The molecule has 0 spiro atoms. The highest BCUT2D eigenvalue weighted by molar-refractivity contribution is 7.90. The topological polar surface area (TPSA) is 51.2 Å². The fourth-order valence-electron chi connectivity index (χ4n) is 2.19. The predicted molar refractivity (Wildman–Crippen MR) is 85.1 cm³/mol. The van der Waals surface area contributed by atoms with Crippen LogP contribution in [0.15, 0.2) is 18.3 Å². The minimum absolute atomic E-state index is 0.0372. The highest BCUT2D eigenvalue weighted by atomic mass is 32.2. The third-order valence-corrected chi connectivity index (χ3v) is 5.22. The largest absolute Gasteiger partial charge is 0.598 e. The molecule has 1 saturated heterocycles. The molecule has 0 aliphatic carbocycles. The van der Waals surface area contributed by atoms with Gasteiger partial charge in [-0.15, -0.1) is 4.72 Å². The van der Waals surface area contributed by atoms with Gasteiger partial charge in [0, 0.05) is 30.6 Å². The lowest BCUT2D eigenvalue weighted by molar-refractivity contribution is 0.531. The van der Waals surface area contributed by atoms with Gasteiger partial charge in [-0.1, -0.05) is 6.07 Å². The molecule has 2 heterocycles. The SMILES string of the molecule is C[C@H](N[S+]([O-])C(C)(C)C)c1ccc(N2CCCC2)nc1. The van der Waals surface area contributed by atoms with Crippen molar-refractivity contribution >= 4 is 17.2 Å². The maximum Gasteiger partial charge on any atom is 0.136 e. The number of nitrogens with zero attached hydrogens (tertiary/aromatic N) is 2. The van der Waals surface area contributed by atoms with E-state index in [1.807, 2.05) is 33.9 Å². The van der Waals surface area contributed by atoms with E-state index in [2.05, 4.69) is 26.7 Å². The molecule has 2 atom stereocenters. The van der Waals surface area contributed by atoms with E-state index in [0.717, 1.165) is 24.5 Å². The van der Waals surface area contributed by atoms with Crippen molar-refractivity contribution in [3.05, 3.63) is 23.9 Å². The number of aromatic nitrogens is 1. The van der Waals surface area contributed by atoms with Gasteiger partial charge in [0.25, 0.3) is 0 Å². The maximum absolute atomic E-state index is 12.1. The first kappa shape index (κ1) is 15.6. The number of hydrogen-bond donors (Lipinski definition) is 1. The van der Waals surface area contributed by atoms with Gasteiger partial charge in [-0.05, 0) is 52.2 Å². The van der Waals surface area contributed by atoms with E-state index in [1.165, 1.54) is 12.8 Å². The Morgan fingerprint density at radius 1 is 1.30 bits per heavy atom. The van der Waals surface area contributed by atoms with Crippen LogP contribution >= 0.6 is 0 Å². The summed E-state index contributed by atoms with van der Waals surface area (Å²) in [5.74, 6) is 1.05. The van der Waals surface area contributed by atoms with E-state index < -0.39 is 11.4 Å². The highest BCUT2D eigenvalue weighted by Crippen LogP contribution is 2.22. The van der Waals surface area contributed by atoms with Crippen LogP contribution in [0.3, 0.4) is 0 Å². The van der Waals surface area contributed by atoms with Crippen LogP contribution in [0.1, 0.15) is 52.1 Å². The zero-order chi connectivity index (χ0) is 14.8. The van der Waals surface area contributed by atoms with Crippen molar-refractivity contribution in [1.29, 1.82) is 0 Å². The standard InChI is InChI=1S/C15H25N3OS/c1-12(17-20(19)15(2,3)4)13-7-8-14(16-11-13)18-9-5-6-10-18/h7-8,11-12,17H,5-6,9-10H2,1-4H3/t12-,20?/m0/s1. The third-order valence-electron chi connectivity index (χ3n) is 3.54. The molecule has 2 rings (SSSR count). The van der Waals surface area contributed by atoms with Crippen LogP contribution in [0.5, 0.6) is 0 Å². The van der Waals surface area contributed by atoms with Gasteiger partial charge >= 0.3 is 0 Å². The molecule has 1 aliphatic heterocycles. The molecule has 1 aromatic heterocycles. The molecule has 20 heavy (non-hydrogen) atoms. The summed E-state index contributed by atoms with van der Waals surface area (Å²) in [6, 6.07) is 4.19. The second-order valence-electron chi connectivity index (χ2n) is 6.36. The molecular formula is C15H25N3OS. The van der Waals surface area contributed by atoms with E-state index >= 15 is 0 Å². The Bertz CT molecular complexity index is 424. The van der Waals surface area contributed by atoms with Gasteiger partial charge in [0.2, 0.25) is 0 Å². The summed E-state index contributed by atoms with van der Waals surface area (Å²) in [4.78, 5) is 6.85. The molecule has 0 radical (unpaired) electrons. The van der Waals surface area contributed by atoms with Crippen molar-refractivity contribution in [3.8, 4) is 0 Å². The van der Waals surface area contributed by atoms with Gasteiger partial charge in [-0.3, -0.25) is 0 Å². The van der Waals surface area contributed by atoms with Crippen molar-refractivity contribution < 1.29 is 4.55 Å². The Balaban J connectivity index is 1.98. The maximum atomic E-state index is 12.1. The normalized spacial score (nSPS) is 19.1. The van der Waals surface area contributed by atoms with Crippen LogP contribution in [-0.4, -0.2) is 27.4 Å². The minimum Gasteiger partial charge on any atom is -0.598 e. The van der Waals surface area contributed by atoms with Crippen molar-refractivity contribution in [2.75, 3.05) is 18.0 Å². The third kappa shape index (κ3) is 3.87. The van der Waals surface area contributed by atoms with Gasteiger partial charge in [-0.2, -0.15) is 0 Å². The van der Waals surface area contributed by atoms with Crippen molar-refractivity contribution in [2.24, 2.45) is 0 Å². The fraction of sp³-hybridized carbons (Fsp3) is 0.667. The molecule has 1 aromatic rings. The molecular weight excluding hydrogens is 270 g/mol. The molecule has 1 unspecified atom stereocenters. The summed E-state index contributed by atoms with van der Waals surface area (Å²) < 4.78 is 15.0. The van der Waals surface area contributed by atoms with Gasteiger partial charge in [0.1, 0.15) is 10.6 Å². The van der Waals surface area contributed by atoms with Gasteiger partial charge in [0.05, 0.1) is 6.04 Å². The number of rotatable bonds is 4. The number of nitrogens with one attached hydrogen (secondary N) is 1. The molecule has 1 N–H and O–H groups in total. The average Bonchev–Trinajstić information content (AvgIpc) is 2.91. The lowest BCUT2D eigenvalue weighted by Gasteiger charge is -2.26. The Morgan fingerprint density at radius 3 is 2.45 bits per heavy atom. The Morgan fingerprint density at radius 2 is 1.95 bits per heavy atom. The minimum atomic E-state index is -1.06. The van der Waals surface area contributed by atoms with Crippen molar-refractivity contribution in [3.63, 3.8) is 0 Å². The second-order valence-corrected chi connectivity index (χ2v) is 8.36. The second kappa shape index (κ2) is 6.33. The van der Waals surface area contributed by atoms with Crippen LogP contribution in [0.2, 0.25) is 0 Å². The first-order chi connectivity index (χ1) is 9.38. The van der Waals surface area contributed by atoms with E-state index in [1.54, 1.807) is 0 Å². The molecule has 112 valence electrons. The van der Waals surface area contributed by atoms with E-state index in [4.69, 9.17) is 0 Å². The summed E-state index contributed by atoms with van der Waals surface area (Å²) in [5.41, 5.74) is 1.07. The van der Waals surface area contributed by atoms with Crippen LogP contribution in [0.25, 0.3) is 0 Å². The zero-order valence-corrected chi connectivity index (χ0v) is 13.7. The molecule has 1 aliphatic rings. The number of hydrogen-bond acceptors (Lipinski definition) is 4. The average molecular weight is 295 g/mol. The lowest BCUT2D eigenvalue weighted by Crippen LogP contribution is -2.40. The monoisotopic (exact) mass is 295 g/mol. The van der Waals surface area contributed by atoms with Crippen molar-refractivity contribution in [1.82, 2.24) is 9.71 Å². The van der Waals surface area contributed by atoms with E-state index in [9.17, 15) is 4.55 Å². The van der Waals surface area contributed by atoms with Crippen molar-refractivity contribution in [2.45, 2.75) is 51.3 Å². The Kier molecular flexibility index (Phi) is 4.94. The van der Waals surface area contributed by atoms with Crippen LogP contribution in [-0.2, 0) is 11.4 Å². The van der Waals surface area contributed by atoms with E-state index in [-0.39, 0.29) is 10.8 Å². The first-order valence-electron chi connectivity index (χ1n) is 7.27. The smallest absolute Gasteiger partial charge is 0.136 e. The molecule has 0 aromatic carbocycles. The molecule has 1 fully saturated rings. The quantitative estimate of drug-likeness (QED) is 0.868. The zero-order valence-electron chi connectivity index (χ0n) is 12.8. The summed E-state index contributed by atoms with van der Waals surface area (Å²) in [7, 11) is 0. The molecule has 0 saturated carbocycles. The predicted octanol–water partition coefficient (Wildman–Crippen LogP) is 2.79. The van der Waals surface area contributed by atoms with Gasteiger partial charge in [0.15, 0.2) is 0 Å². The first-order valence-corrected chi connectivity index (χ1v) is 8.42. The summed E-state index contributed by atoms with van der Waals surface area (Å²) in [6.45, 7) is 10.1.